The molecule has 24 heavy (non-hydrogen) atoms. The van der Waals surface area contributed by atoms with Crippen LogP contribution in [0.2, 0.25) is 0 Å². The molecule has 0 amide bonds. The van der Waals surface area contributed by atoms with Crippen molar-refractivity contribution < 1.29 is 5.11 Å². The maximum atomic E-state index is 10.2. The number of fused-ring (bicyclic) bond motifs is 3. The summed E-state index contributed by atoms with van der Waals surface area (Å²) in [7, 11) is 0. The second-order valence-electron chi connectivity index (χ2n) is 5.81. The SMILES string of the molecule is Nc1nc2nc3c1nc(O)n3Cc1cccc(c1)C/C=C/CCN2. The summed E-state index contributed by atoms with van der Waals surface area (Å²) in [5, 5.41) is 13.4. The number of rotatable bonds is 0. The summed E-state index contributed by atoms with van der Waals surface area (Å²) in [6.45, 7) is 1.18. The Bertz CT molecular complexity index is 930. The Kier molecular flexibility index (Phi) is 3.53. The van der Waals surface area contributed by atoms with Gasteiger partial charge in [0, 0.05) is 6.54 Å². The van der Waals surface area contributed by atoms with Gasteiger partial charge in [-0.15, -0.1) is 0 Å². The first-order valence-electron chi connectivity index (χ1n) is 7.90. The van der Waals surface area contributed by atoms with Crippen molar-refractivity contribution in [1.82, 2.24) is 19.5 Å². The average Bonchev–Trinajstić information content (AvgIpc) is 2.88. The van der Waals surface area contributed by atoms with Crippen LogP contribution in [0, 0.1) is 0 Å². The van der Waals surface area contributed by atoms with E-state index in [2.05, 4.69) is 44.6 Å². The Morgan fingerprint density at radius 3 is 2.92 bits per heavy atom. The van der Waals surface area contributed by atoms with Crippen molar-refractivity contribution in [3.63, 3.8) is 0 Å². The maximum absolute atomic E-state index is 10.2. The van der Waals surface area contributed by atoms with E-state index in [1.165, 1.54) is 5.56 Å². The molecule has 0 aliphatic carbocycles. The zero-order chi connectivity index (χ0) is 16.5. The number of aromatic hydroxyl groups is 1. The lowest BCUT2D eigenvalue weighted by molar-refractivity contribution is 0.408. The third-order valence-electron chi connectivity index (χ3n) is 4.05. The highest BCUT2D eigenvalue weighted by Crippen LogP contribution is 2.25. The number of anilines is 2. The third-order valence-corrected chi connectivity index (χ3v) is 4.05. The van der Waals surface area contributed by atoms with E-state index in [9.17, 15) is 5.11 Å². The number of nitrogens with two attached hydrogens (primary N) is 1. The van der Waals surface area contributed by atoms with Crippen molar-refractivity contribution in [2.45, 2.75) is 19.4 Å². The molecular formula is C17H18N6O. The maximum Gasteiger partial charge on any atom is 0.296 e. The zero-order valence-corrected chi connectivity index (χ0v) is 13.1. The molecule has 122 valence electrons. The molecule has 0 atom stereocenters. The minimum Gasteiger partial charge on any atom is -0.480 e. The van der Waals surface area contributed by atoms with Gasteiger partial charge in [0.25, 0.3) is 6.01 Å². The Morgan fingerprint density at radius 1 is 1.12 bits per heavy atom. The van der Waals surface area contributed by atoms with E-state index >= 15 is 0 Å². The lowest BCUT2D eigenvalue weighted by atomic mass is 10.1. The number of nitrogens with zero attached hydrogens (tertiary/aromatic N) is 4. The van der Waals surface area contributed by atoms with Crippen molar-refractivity contribution in [2.75, 3.05) is 17.6 Å². The number of allylic oxidation sites excluding steroid dienone is 1. The van der Waals surface area contributed by atoms with Crippen LogP contribution in [0.1, 0.15) is 17.5 Å². The van der Waals surface area contributed by atoms with Crippen molar-refractivity contribution in [1.29, 1.82) is 0 Å². The van der Waals surface area contributed by atoms with Gasteiger partial charge < -0.3 is 16.2 Å². The third kappa shape index (κ3) is 2.64. The van der Waals surface area contributed by atoms with Crippen LogP contribution in [0.25, 0.3) is 11.2 Å². The molecule has 1 aliphatic rings. The Balaban J connectivity index is 1.87. The van der Waals surface area contributed by atoms with E-state index in [1.54, 1.807) is 4.57 Å². The van der Waals surface area contributed by atoms with Crippen LogP contribution in [-0.4, -0.2) is 31.2 Å². The minimum atomic E-state index is -0.111. The molecule has 0 unspecified atom stereocenters. The van der Waals surface area contributed by atoms with Gasteiger partial charge in [-0.05, 0) is 24.0 Å². The quantitative estimate of drug-likeness (QED) is 0.548. The van der Waals surface area contributed by atoms with Crippen molar-refractivity contribution >= 4 is 22.9 Å². The highest BCUT2D eigenvalue weighted by molar-refractivity contribution is 5.84. The minimum absolute atomic E-state index is 0.111. The first-order chi connectivity index (χ1) is 11.7. The number of benzene rings is 1. The van der Waals surface area contributed by atoms with Crippen LogP contribution in [0.4, 0.5) is 11.8 Å². The fourth-order valence-corrected chi connectivity index (χ4v) is 2.88. The number of nitrogen functional groups attached to an aromatic ring is 1. The summed E-state index contributed by atoms with van der Waals surface area (Å²) in [5.74, 6) is 0.702. The standard InChI is InChI=1S/C17H18N6O/c18-14-13-15-22-16(21-14)19-8-3-1-2-5-11-6-4-7-12(9-11)10-23(15)17(24)20-13/h1-2,4,6-7,9H,3,5,8,10H2,(H,20,24)(H3,18,19,21,22)/b2-1+. The molecule has 7 nitrogen and oxygen atoms in total. The fraction of sp³-hybridized carbons (Fsp3) is 0.235. The van der Waals surface area contributed by atoms with Gasteiger partial charge in [0.1, 0.15) is 0 Å². The van der Waals surface area contributed by atoms with E-state index in [0.29, 0.717) is 30.2 Å². The smallest absolute Gasteiger partial charge is 0.296 e. The molecule has 3 heterocycles. The summed E-state index contributed by atoms with van der Waals surface area (Å²) >= 11 is 0. The molecule has 0 radical (unpaired) electrons. The van der Waals surface area contributed by atoms with Crippen LogP contribution in [-0.2, 0) is 13.0 Å². The van der Waals surface area contributed by atoms with Gasteiger partial charge in [-0.2, -0.15) is 15.0 Å². The summed E-state index contributed by atoms with van der Waals surface area (Å²) in [6, 6.07) is 8.17. The van der Waals surface area contributed by atoms with Crippen LogP contribution in [0.3, 0.4) is 0 Å². The second-order valence-corrected chi connectivity index (χ2v) is 5.81. The first-order valence-corrected chi connectivity index (χ1v) is 7.90. The summed E-state index contributed by atoms with van der Waals surface area (Å²) in [5.41, 5.74) is 9.22. The number of hydrogen-bond acceptors (Lipinski definition) is 6. The summed E-state index contributed by atoms with van der Waals surface area (Å²) in [4.78, 5) is 12.8. The van der Waals surface area contributed by atoms with Crippen LogP contribution in [0.15, 0.2) is 36.4 Å². The molecule has 2 aromatic heterocycles. The molecule has 1 aromatic carbocycles. The molecule has 4 bridgehead atoms. The number of hydrogen-bond donors (Lipinski definition) is 3. The van der Waals surface area contributed by atoms with Gasteiger partial charge in [0.2, 0.25) is 5.95 Å². The van der Waals surface area contributed by atoms with Gasteiger partial charge in [-0.1, -0.05) is 36.4 Å². The molecule has 1 aliphatic heterocycles. The molecule has 0 saturated carbocycles. The molecule has 0 fully saturated rings. The monoisotopic (exact) mass is 322 g/mol. The predicted octanol–water partition coefficient (Wildman–Crippen LogP) is 2.08. The van der Waals surface area contributed by atoms with Gasteiger partial charge >= 0.3 is 0 Å². The van der Waals surface area contributed by atoms with Gasteiger partial charge in [-0.25, -0.2) is 0 Å². The van der Waals surface area contributed by atoms with Crippen molar-refractivity contribution in [2.24, 2.45) is 0 Å². The Labute approximate surface area is 138 Å². The van der Waals surface area contributed by atoms with E-state index in [-0.39, 0.29) is 11.8 Å². The molecule has 0 saturated heterocycles. The van der Waals surface area contributed by atoms with E-state index < -0.39 is 0 Å². The number of nitrogens with one attached hydrogen (secondary N) is 1. The lowest BCUT2D eigenvalue weighted by Crippen LogP contribution is -2.08. The number of imidazole rings is 1. The molecule has 0 spiro atoms. The average molecular weight is 322 g/mol. The fourth-order valence-electron chi connectivity index (χ4n) is 2.88. The summed E-state index contributed by atoms with van der Waals surface area (Å²) < 4.78 is 1.65. The van der Waals surface area contributed by atoms with Crippen LogP contribution < -0.4 is 11.1 Å². The molecule has 3 aromatic rings. The second kappa shape index (κ2) is 5.84. The van der Waals surface area contributed by atoms with E-state index in [4.69, 9.17) is 5.73 Å². The Morgan fingerprint density at radius 2 is 2.00 bits per heavy atom. The van der Waals surface area contributed by atoms with E-state index in [0.717, 1.165) is 18.4 Å². The van der Waals surface area contributed by atoms with E-state index in [1.807, 2.05) is 12.1 Å². The van der Waals surface area contributed by atoms with Crippen LogP contribution >= 0.6 is 0 Å². The largest absolute Gasteiger partial charge is 0.480 e. The molecule has 4 N–H and O–H groups in total. The van der Waals surface area contributed by atoms with Crippen molar-refractivity contribution in [3.8, 4) is 6.01 Å². The molecule has 7 heteroatoms. The topological polar surface area (TPSA) is 102 Å². The van der Waals surface area contributed by atoms with Gasteiger partial charge in [0.05, 0.1) is 6.54 Å². The predicted molar refractivity (Wildman–Crippen MR) is 92.9 cm³/mol. The van der Waals surface area contributed by atoms with Crippen LogP contribution in [0.5, 0.6) is 6.01 Å². The molecule has 4 rings (SSSR count). The Hall–Kier alpha value is -3.09. The molecular weight excluding hydrogens is 304 g/mol. The summed E-state index contributed by atoms with van der Waals surface area (Å²) in [6.07, 6.45) is 6.05. The number of aromatic nitrogens is 4. The van der Waals surface area contributed by atoms with Gasteiger partial charge in [-0.3, -0.25) is 4.57 Å². The highest BCUT2D eigenvalue weighted by Gasteiger charge is 2.16. The normalized spacial score (nSPS) is 15.8. The first kappa shape index (κ1) is 14.5. The van der Waals surface area contributed by atoms with Crippen molar-refractivity contribution in [3.05, 3.63) is 47.5 Å². The van der Waals surface area contributed by atoms with Gasteiger partial charge in [0.15, 0.2) is 17.0 Å². The lowest BCUT2D eigenvalue weighted by Gasteiger charge is -2.09. The zero-order valence-electron chi connectivity index (χ0n) is 13.1. The highest BCUT2D eigenvalue weighted by atomic mass is 16.3.